The van der Waals surface area contributed by atoms with Gasteiger partial charge in [-0.1, -0.05) is 29.8 Å². The highest BCUT2D eigenvalue weighted by molar-refractivity contribution is 6.30. The van der Waals surface area contributed by atoms with Crippen molar-refractivity contribution in [1.29, 1.82) is 0 Å². The molecule has 2 aromatic carbocycles. The number of anilines is 1. The number of hydrogen-bond acceptors (Lipinski definition) is 5. The van der Waals surface area contributed by atoms with Crippen LogP contribution >= 0.6 is 0 Å². The van der Waals surface area contributed by atoms with E-state index >= 15 is 0 Å². The Morgan fingerprint density at radius 1 is 1.16 bits per heavy atom. The van der Waals surface area contributed by atoms with Gasteiger partial charge in [0, 0.05) is 17.7 Å². The standard InChI is InChI=1S/C18H15N3O4/c1-11-6-8-14(9-7-11)20-18(23)16(12(2)19-20)17(22)13-4-3-5-15(10-13)21(24)25/h3-10,16H,1-2H3/t16-/m0/s1. The summed E-state index contributed by atoms with van der Waals surface area (Å²) in [5, 5.41) is 16.3. The number of benzene rings is 2. The molecule has 1 aliphatic heterocycles. The molecule has 1 amide bonds. The molecule has 0 radical (unpaired) electrons. The molecular weight excluding hydrogens is 322 g/mol. The second-order valence-electron chi connectivity index (χ2n) is 5.83. The van der Waals surface area contributed by atoms with Crippen molar-refractivity contribution in [1.82, 2.24) is 0 Å². The lowest BCUT2D eigenvalue weighted by molar-refractivity contribution is -0.384. The monoisotopic (exact) mass is 337 g/mol. The maximum Gasteiger partial charge on any atom is 0.270 e. The molecule has 2 aromatic rings. The number of ketones is 1. The molecule has 126 valence electrons. The van der Waals surface area contributed by atoms with Crippen molar-refractivity contribution >= 4 is 28.8 Å². The number of non-ortho nitro benzene ring substituents is 1. The van der Waals surface area contributed by atoms with E-state index in [2.05, 4.69) is 5.10 Å². The van der Waals surface area contributed by atoms with E-state index in [-0.39, 0.29) is 11.3 Å². The molecule has 0 aliphatic carbocycles. The molecule has 3 rings (SSSR count). The van der Waals surface area contributed by atoms with E-state index in [9.17, 15) is 19.7 Å². The normalized spacial score (nSPS) is 16.7. The van der Waals surface area contributed by atoms with Crippen molar-refractivity contribution in [2.75, 3.05) is 5.01 Å². The van der Waals surface area contributed by atoms with Gasteiger partial charge in [0.15, 0.2) is 5.78 Å². The van der Waals surface area contributed by atoms with Crippen molar-refractivity contribution in [3.63, 3.8) is 0 Å². The Hall–Kier alpha value is -3.35. The fraction of sp³-hybridized carbons (Fsp3) is 0.167. The maximum absolute atomic E-state index is 12.7. The summed E-state index contributed by atoms with van der Waals surface area (Å²) in [6, 6.07) is 12.6. The highest BCUT2D eigenvalue weighted by Gasteiger charge is 2.40. The van der Waals surface area contributed by atoms with Gasteiger partial charge < -0.3 is 0 Å². The fourth-order valence-electron chi connectivity index (χ4n) is 2.68. The number of Topliss-reactive ketones (excluding diaryl/α,β-unsaturated/α-hetero) is 1. The molecule has 0 N–H and O–H groups in total. The zero-order valence-corrected chi connectivity index (χ0v) is 13.7. The van der Waals surface area contributed by atoms with E-state index in [1.807, 2.05) is 19.1 Å². The van der Waals surface area contributed by atoms with Crippen LogP contribution in [0.3, 0.4) is 0 Å². The molecule has 0 saturated heterocycles. The van der Waals surface area contributed by atoms with E-state index in [0.717, 1.165) is 5.56 Å². The molecule has 0 spiro atoms. The predicted molar refractivity (Wildman–Crippen MR) is 92.7 cm³/mol. The number of carbonyl (C=O) groups is 2. The minimum atomic E-state index is -1.07. The predicted octanol–water partition coefficient (Wildman–Crippen LogP) is 3.12. The fourth-order valence-corrected chi connectivity index (χ4v) is 2.68. The molecule has 7 heteroatoms. The van der Waals surface area contributed by atoms with E-state index in [4.69, 9.17) is 0 Å². The van der Waals surface area contributed by atoms with Crippen LogP contribution in [-0.2, 0) is 4.79 Å². The maximum atomic E-state index is 12.7. The zero-order chi connectivity index (χ0) is 18.1. The lowest BCUT2D eigenvalue weighted by Crippen LogP contribution is -2.32. The number of hydrazone groups is 1. The van der Waals surface area contributed by atoms with E-state index in [1.165, 1.54) is 29.3 Å². The van der Waals surface area contributed by atoms with Crippen LogP contribution < -0.4 is 5.01 Å². The average molecular weight is 337 g/mol. The summed E-state index contributed by atoms with van der Waals surface area (Å²) in [7, 11) is 0. The number of rotatable bonds is 4. The van der Waals surface area contributed by atoms with Crippen LogP contribution in [0.4, 0.5) is 11.4 Å². The van der Waals surface area contributed by atoms with Crippen LogP contribution in [0.25, 0.3) is 0 Å². The van der Waals surface area contributed by atoms with Gasteiger partial charge in [0.25, 0.3) is 11.6 Å². The van der Waals surface area contributed by atoms with Gasteiger partial charge in [-0.15, -0.1) is 0 Å². The Morgan fingerprint density at radius 3 is 2.48 bits per heavy atom. The number of hydrogen-bond donors (Lipinski definition) is 0. The number of nitro benzene ring substituents is 1. The highest BCUT2D eigenvalue weighted by Crippen LogP contribution is 2.27. The topological polar surface area (TPSA) is 92.9 Å². The van der Waals surface area contributed by atoms with Crippen molar-refractivity contribution in [3.8, 4) is 0 Å². The van der Waals surface area contributed by atoms with Crippen LogP contribution in [0.1, 0.15) is 22.8 Å². The molecule has 0 unspecified atom stereocenters. The summed E-state index contributed by atoms with van der Waals surface area (Å²) in [6.45, 7) is 3.53. The highest BCUT2D eigenvalue weighted by atomic mass is 16.6. The van der Waals surface area contributed by atoms with Gasteiger partial charge in [0.05, 0.1) is 16.3 Å². The number of nitro groups is 1. The number of aryl methyl sites for hydroxylation is 1. The SMILES string of the molecule is CC1=NN(c2ccc(C)cc2)C(=O)[C@@H]1C(=O)c1cccc([N+](=O)[O-])c1. The van der Waals surface area contributed by atoms with Crippen molar-refractivity contribution in [2.24, 2.45) is 11.0 Å². The molecule has 0 fully saturated rings. The quantitative estimate of drug-likeness (QED) is 0.371. The van der Waals surface area contributed by atoms with Crippen LogP contribution in [-0.4, -0.2) is 22.3 Å². The Bertz CT molecular complexity index is 903. The van der Waals surface area contributed by atoms with Crippen LogP contribution in [0, 0.1) is 23.0 Å². The van der Waals surface area contributed by atoms with Gasteiger partial charge in [-0.25, -0.2) is 0 Å². The Morgan fingerprint density at radius 2 is 1.84 bits per heavy atom. The molecule has 0 saturated carbocycles. The zero-order valence-electron chi connectivity index (χ0n) is 13.7. The first-order valence-corrected chi connectivity index (χ1v) is 7.63. The number of carbonyl (C=O) groups excluding carboxylic acids is 2. The average Bonchev–Trinajstić information content (AvgIpc) is 2.89. The molecule has 1 aliphatic rings. The molecular formula is C18H15N3O4. The number of amides is 1. The minimum Gasteiger partial charge on any atom is -0.293 e. The van der Waals surface area contributed by atoms with Crippen LogP contribution in [0.2, 0.25) is 0 Å². The van der Waals surface area contributed by atoms with E-state index < -0.39 is 22.5 Å². The lowest BCUT2D eigenvalue weighted by atomic mass is 9.93. The Kier molecular flexibility index (Phi) is 4.14. The Labute approximate surface area is 143 Å². The largest absolute Gasteiger partial charge is 0.293 e. The molecule has 0 bridgehead atoms. The van der Waals surface area contributed by atoms with Crippen molar-refractivity contribution in [2.45, 2.75) is 13.8 Å². The molecule has 0 aromatic heterocycles. The van der Waals surface area contributed by atoms with Crippen LogP contribution in [0.5, 0.6) is 0 Å². The summed E-state index contributed by atoms with van der Waals surface area (Å²) >= 11 is 0. The summed E-state index contributed by atoms with van der Waals surface area (Å²) in [6.07, 6.45) is 0. The van der Waals surface area contributed by atoms with Gasteiger partial charge in [0.1, 0.15) is 5.92 Å². The first-order valence-electron chi connectivity index (χ1n) is 7.63. The number of nitrogens with zero attached hydrogens (tertiary/aromatic N) is 3. The molecule has 25 heavy (non-hydrogen) atoms. The van der Waals surface area contributed by atoms with E-state index in [0.29, 0.717) is 11.4 Å². The van der Waals surface area contributed by atoms with Gasteiger partial charge in [-0.2, -0.15) is 10.1 Å². The smallest absolute Gasteiger partial charge is 0.270 e. The first kappa shape index (κ1) is 16.5. The summed E-state index contributed by atoms with van der Waals surface area (Å²) in [5.41, 5.74) is 1.90. The van der Waals surface area contributed by atoms with E-state index in [1.54, 1.807) is 19.1 Å². The second kappa shape index (κ2) is 6.27. The summed E-state index contributed by atoms with van der Waals surface area (Å²) in [5.74, 6) is -2.02. The Balaban J connectivity index is 1.91. The first-order chi connectivity index (χ1) is 11.9. The minimum absolute atomic E-state index is 0.118. The molecule has 7 nitrogen and oxygen atoms in total. The summed E-state index contributed by atoms with van der Waals surface area (Å²) < 4.78 is 0. The third kappa shape index (κ3) is 3.03. The third-order valence-corrected chi connectivity index (χ3v) is 4.01. The summed E-state index contributed by atoms with van der Waals surface area (Å²) in [4.78, 5) is 35.7. The van der Waals surface area contributed by atoms with Gasteiger partial charge >= 0.3 is 0 Å². The molecule has 1 atom stereocenters. The van der Waals surface area contributed by atoms with Crippen molar-refractivity contribution in [3.05, 3.63) is 69.8 Å². The van der Waals surface area contributed by atoms with Gasteiger partial charge in [0.2, 0.25) is 0 Å². The van der Waals surface area contributed by atoms with Gasteiger partial charge in [-0.3, -0.25) is 19.7 Å². The third-order valence-electron chi connectivity index (χ3n) is 4.01. The lowest BCUT2D eigenvalue weighted by Gasteiger charge is -2.14. The second-order valence-corrected chi connectivity index (χ2v) is 5.83. The molecule has 1 heterocycles. The van der Waals surface area contributed by atoms with Gasteiger partial charge in [-0.05, 0) is 26.0 Å². The van der Waals surface area contributed by atoms with Crippen LogP contribution in [0.15, 0.2) is 53.6 Å². The van der Waals surface area contributed by atoms with Crippen molar-refractivity contribution < 1.29 is 14.5 Å².